The number of hydrazone groups is 1. The molecule has 0 atom stereocenters. The molecule has 1 aromatic carbocycles. The fourth-order valence-corrected chi connectivity index (χ4v) is 3.22. The van der Waals surface area contributed by atoms with Crippen LogP contribution in [0, 0.1) is 10.1 Å². The van der Waals surface area contributed by atoms with Gasteiger partial charge in [0.2, 0.25) is 11.6 Å². The Labute approximate surface area is 174 Å². The highest BCUT2D eigenvalue weighted by Gasteiger charge is 2.26. The van der Waals surface area contributed by atoms with Crippen LogP contribution in [0.3, 0.4) is 0 Å². The maximum atomic E-state index is 12.7. The summed E-state index contributed by atoms with van der Waals surface area (Å²) < 4.78 is 5.96. The first-order valence-corrected chi connectivity index (χ1v) is 9.36. The third kappa shape index (κ3) is 4.37. The van der Waals surface area contributed by atoms with Gasteiger partial charge in [0.1, 0.15) is 0 Å². The predicted octanol–water partition coefficient (Wildman–Crippen LogP) is 0.500. The highest BCUT2D eigenvalue weighted by Crippen LogP contribution is 2.19. The number of nitro benzene ring substituents is 1. The van der Waals surface area contributed by atoms with Crippen molar-refractivity contribution in [3.63, 3.8) is 0 Å². The Balaban J connectivity index is 1.56. The first kappa shape index (κ1) is 20.1. The first-order valence-electron chi connectivity index (χ1n) is 9.36. The summed E-state index contributed by atoms with van der Waals surface area (Å²) >= 11 is 0. The topological polar surface area (TPSA) is 183 Å². The van der Waals surface area contributed by atoms with Crippen LogP contribution in [-0.4, -0.2) is 60.3 Å². The standard InChI is InChI=1S/C17H18N10O4/c18-15-16(23-31-22-15)26-13(10-25-6-1-2-7-25)14(20-24-26)17(28)21-19-9-11-4-3-5-12(8-11)27(29)30/h3-5,8-9H,1-2,6-7,10H2,(H2,18,22)(H,21,28). The average molecular weight is 426 g/mol. The summed E-state index contributed by atoms with van der Waals surface area (Å²) in [4.78, 5) is 25.2. The number of aromatic nitrogens is 5. The highest BCUT2D eigenvalue weighted by molar-refractivity contribution is 5.94. The van der Waals surface area contributed by atoms with E-state index in [-0.39, 0.29) is 23.0 Å². The van der Waals surface area contributed by atoms with Crippen LogP contribution < -0.4 is 11.2 Å². The number of likely N-dealkylation sites (tertiary alicyclic amines) is 1. The fraction of sp³-hybridized carbons (Fsp3) is 0.294. The minimum atomic E-state index is -0.600. The van der Waals surface area contributed by atoms with Gasteiger partial charge in [0.05, 0.1) is 16.8 Å². The van der Waals surface area contributed by atoms with Gasteiger partial charge < -0.3 is 5.73 Å². The van der Waals surface area contributed by atoms with Gasteiger partial charge in [-0.15, -0.1) is 5.10 Å². The number of non-ortho nitro benzene ring substituents is 1. The van der Waals surface area contributed by atoms with Crippen LogP contribution in [0.5, 0.6) is 0 Å². The van der Waals surface area contributed by atoms with Crippen LogP contribution in [0.1, 0.15) is 34.6 Å². The summed E-state index contributed by atoms with van der Waals surface area (Å²) in [5.41, 5.74) is 9.03. The zero-order chi connectivity index (χ0) is 21.8. The largest absolute Gasteiger partial charge is 0.378 e. The lowest BCUT2D eigenvalue weighted by atomic mass is 10.2. The molecule has 14 heteroatoms. The van der Waals surface area contributed by atoms with Crippen LogP contribution in [0.2, 0.25) is 0 Å². The Kier molecular flexibility index (Phi) is 5.61. The molecule has 1 aliphatic rings. The van der Waals surface area contributed by atoms with E-state index in [1.807, 2.05) is 0 Å². The summed E-state index contributed by atoms with van der Waals surface area (Å²) in [7, 11) is 0. The lowest BCUT2D eigenvalue weighted by Crippen LogP contribution is -2.25. The third-order valence-corrected chi connectivity index (χ3v) is 4.71. The maximum Gasteiger partial charge on any atom is 0.293 e. The molecular formula is C17H18N10O4. The van der Waals surface area contributed by atoms with E-state index in [2.05, 4.69) is 40.7 Å². The second-order valence-corrected chi connectivity index (χ2v) is 6.80. The summed E-state index contributed by atoms with van der Waals surface area (Å²) in [6.07, 6.45) is 3.42. The van der Waals surface area contributed by atoms with Crippen molar-refractivity contribution in [2.24, 2.45) is 5.10 Å². The number of nitro groups is 1. The smallest absolute Gasteiger partial charge is 0.293 e. The fourth-order valence-electron chi connectivity index (χ4n) is 3.22. The minimum absolute atomic E-state index is 0.0169. The van der Waals surface area contributed by atoms with E-state index in [4.69, 9.17) is 5.73 Å². The normalized spacial score (nSPS) is 14.3. The highest BCUT2D eigenvalue weighted by atomic mass is 16.6. The number of nitrogen functional groups attached to an aromatic ring is 1. The van der Waals surface area contributed by atoms with Crippen molar-refractivity contribution >= 4 is 23.6 Å². The molecule has 4 rings (SSSR count). The number of amides is 1. The zero-order valence-corrected chi connectivity index (χ0v) is 16.2. The molecule has 160 valence electrons. The molecule has 0 radical (unpaired) electrons. The van der Waals surface area contributed by atoms with Crippen LogP contribution >= 0.6 is 0 Å². The first-order chi connectivity index (χ1) is 15.0. The number of rotatable bonds is 7. The van der Waals surface area contributed by atoms with Crippen LogP contribution in [0.15, 0.2) is 34.0 Å². The summed E-state index contributed by atoms with van der Waals surface area (Å²) in [6.45, 7) is 2.16. The SMILES string of the molecule is Nc1nonc1-n1nnc(C(=O)NN=Cc2cccc([N+](=O)[O-])c2)c1CN1CCCC1. The molecule has 0 unspecified atom stereocenters. The molecule has 31 heavy (non-hydrogen) atoms. The molecule has 1 aliphatic heterocycles. The Bertz CT molecular complexity index is 1130. The molecule has 0 saturated carbocycles. The second-order valence-electron chi connectivity index (χ2n) is 6.80. The lowest BCUT2D eigenvalue weighted by molar-refractivity contribution is -0.384. The van der Waals surface area contributed by atoms with Gasteiger partial charge in [-0.3, -0.25) is 19.8 Å². The Morgan fingerprint density at radius 2 is 2.16 bits per heavy atom. The molecule has 0 bridgehead atoms. The average Bonchev–Trinajstić information content (AvgIpc) is 3.50. The summed E-state index contributed by atoms with van der Waals surface area (Å²) in [5.74, 6) is -0.443. The molecular weight excluding hydrogens is 408 g/mol. The van der Waals surface area contributed by atoms with Gasteiger partial charge in [0.25, 0.3) is 11.6 Å². The number of carbonyl (C=O) groups excluding carboxylic acids is 1. The molecule has 1 amide bonds. The number of carbonyl (C=O) groups is 1. The molecule has 2 aromatic heterocycles. The van der Waals surface area contributed by atoms with E-state index in [1.165, 1.54) is 29.1 Å². The van der Waals surface area contributed by atoms with Crippen molar-refractivity contribution in [3.05, 3.63) is 51.3 Å². The quantitative estimate of drug-likeness (QED) is 0.306. The van der Waals surface area contributed by atoms with Crippen molar-refractivity contribution in [2.45, 2.75) is 19.4 Å². The molecule has 0 spiro atoms. The van der Waals surface area contributed by atoms with Crippen LogP contribution in [0.25, 0.3) is 5.82 Å². The second kappa shape index (κ2) is 8.66. The van der Waals surface area contributed by atoms with Gasteiger partial charge in [0, 0.05) is 24.2 Å². The molecule has 3 aromatic rings. The van der Waals surface area contributed by atoms with E-state index in [9.17, 15) is 14.9 Å². The van der Waals surface area contributed by atoms with E-state index >= 15 is 0 Å². The Morgan fingerprint density at radius 3 is 2.87 bits per heavy atom. The van der Waals surface area contributed by atoms with Gasteiger partial charge in [-0.1, -0.05) is 17.3 Å². The van der Waals surface area contributed by atoms with Gasteiger partial charge in [0.15, 0.2) is 5.69 Å². The minimum Gasteiger partial charge on any atom is -0.378 e. The number of anilines is 1. The number of hydrogen-bond donors (Lipinski definition) is 2. The number of nitrogens with one attached hydrogen (secondary N) is 1. The predicted molar refractivity (Wildman–Crippen MR) is 106 cm³/mol. The maximum absolute atomic E-state index is 12.7. The number of hydrogen-bond acceptors (Lipinski definition) is 11. The Hall–Kier alpha value is -4.20. The van der Waals surface area contributed by atoms with Crippen molar-refractivity contribution in [1.29, 1.82) is 0 Å². The van der Waals surface area contributed by atoms with Gasteiger partial charge in [-0.2, -0.15) is 9.78 Å². The van der Waals surface area contributed by atoms with E-state index < -0.39 is 10.8 Å². The molecule has 0 aliphatic carbocycles. The molecule has 14 nitrogen and oxygen atoms in total. The van der Waals surface area contributed by atoms with E-state index in [1.54, 1.807) is 6.07 Å². The van der Waals surface area contributed by atoms with Gasteiger partial charge >= 0.3 is 0 Å². The lowest BCUT2D eigenvalue weighted by Gasteiger charge is -2.15. The van der Waals surface area contributed by atoms with Crippen LogP contribution in [0.4, 0.5) is 11.5 Å². The number of nitrogens with two attached hydrogens (primary N) is 1. The molecule has 1 fully saturated rings. The number of nitrogens with zero attached hydrogens (tertiary/aromatic N) is 8. The van der Waals surface area contributed by atoms with Crippen molar-refractivity contribution in [1.82, 2.24) is 35.6 Å². The molecule has 3 heterocycles. The van der Waals surface area contributed by atoms with E-state index in [0.29, 0.717) is 17.8 Å². The Morgan fingerprint density at radius 1 is 1.35 bits per heavy atom. The van der Waals surface area contributed by atoms with Crippen LogP contribution in [-0.2, 0) is 6.54 Å². The van der Waals surface area contributed by atoms with Crippen molar-refractivity contribution < 1.29 is 14.3 Å². The summed E-state index contributed by atoms with van der Waals surface area (Å²) in [5, 5.41) is 30.0. The van der Waals surface area contributed by atoms with Gasteiger partial charge in [-0.25, -0.2) is 10.1 Å². The monoisotopic (exact) mass is 426 g/mol. The molecule has 1 saturated heterocycles. The van der Waals surface area contributed by atoms with Crippen molar-refractivity contribution in [2.75, 3.05) is 18.8 Å². The third-order valence-electron chi connectivity index (χ3n) is 4.71. The van der Waals surface area contributed by atoms with E-state index in [0.717, 1.165) is 25.9 Å². The summed E-state index contributed by atoms with van der Waals surface area (Å²) in [6, 6.07) is 5.85. The number of benzene rings is 1. The van der Waals surface area contributed by atoms with Crippen molar-refractivity contribution in [3.8, 4) is 5.82 Å². The van der Waals surface area contributed by atoms with Gasteiger partial charge in [-0.05, 0) is 36.2 Å². The molecule has 3 N–H and O–H groups in total. The zero-order valence-electron chi connectivity index (χ0n) is 16.2.